The van der Waals surface area contributed by atoms with Crippen LogP contribution in [0.15, 0.2) is 54.2 Å². The first-order valence-corrected chi connectivity index (χ1v) is 11.7. The highest BCUT2D eigenvalue weighted by molar-refractivity contribution is 7.99. The van der Waals surface area contributed by atoms with Gasteiger partial charge in [-0.1, -0.05) is 47.1 Å². The van der Waals surface area contributed by atoms with Gasteiger partial charge in [0.05, 0.1) is 5.75 Å². The number of nitrogens with zero attached hydrogens (tertiary/aromatic N) is 3. The predicted molar refractivity (Wildman–Crippen MR) is 131 cm³/mol. The molecule has 1 atom stereocenters. The maximum atomic E-state index is 12.4. The summed E-state index contributed by atoms with van der Waals surface area (Å²) in [5, 5.41) is 12.9. The predicted octanol–water partition coefficient (Wildman–Crippen LogP) is 6.26. The average molecular weight is 491 g/mol. The number of nitrogens with one attached hydrogen (secondary N) is 1. The van der Waals surface area contributed by atoms with Crippen LogP contribution in [0.5, 0.6) is 5.75 Å². The molecular weight excluding hydrogens is 467 g/mol. The van der Waals surface area contributed by atoms with Crippen molar-refractivity contribution in [2.45, 2.75) is 38.6 Å². The van der Waals surface area contributed by atoms with Gasteiger partial charge in [0.25, 0.3) is 0 Å². The van der Waals surface area contributed by atoms with Crippen molar-refractivity contribution >= 4 is 46.6 Å². The van der Waals surface area contributed by atoms with Gasteiger partial charge in [-0.25, -0.2) is 0 Å². The SMILES string of the molecule is C=CCn1c(SCC(=O)Nc2cc(Cl)cc(Cl)c2)nnc1C(C)Oc1ccc(C)c(C)c1. The molecule has 0 bridgehead atoms. The molecule has 0 aliphatic rings. The molecule has 32 heavy (non-hydrogen) atoms. The molecule has 0 spiro atoms. The maximum Gasteiger partial charge on any atom is 0.234 e. The zero-order valence-electron chi connectivity index (χ0n) is 18.1. The van der Waals surface area contributed by atoms with Crippen molar-refractivity contribution in [2.24, 2.45) is 0 Å². The van der Waals surface area contributed by atoms with Crippen LogP contribution in [-0.2, 0) is 11.3 Å². The first-order chi connectivity index (χ1) is 15.3. The summed E-state index contributed by atoms with van der Waals surface area (Å²) in [5.74, 6) is 1.36. The molecule has 3 rings (SSSR count). The number of hydrogen-bond donors (Lipinski definition) is 1. The minimum absolute atomic E-state index is 0.145. The highest BCUT2D eigenvalue weighted by Gasteiger charge is 2.20. The number of hydrogen-bond acceptors (Lipinski definition) is 5. The van der Waals surface area contributed by atoms with Gasteiger partial charge in [-0.15, -0.1) is 16.8 Å². The summed E-state index contributed by atoms with van der Waals surface area (Å²) in [7, 11) is 0. The lowest BCUT2D eigenvalue weighted by molar-refractivity contribution is -0.113. The molecule has 0 radical (unpaired) electrons. The normalized spacial score (nSPS) is 11.8. The molecule has 0 aliphatic carbocycles. The van der Waals surface area contributed by atoms with E-state index < -0.39 is 0 Å². The Morgan fingerprint density at radius 2 is 1.91 bits per heavy atom. The number of rotatable bonds is 9. The second-order valence-electron chi connectivity index (χ2n) is 7.24. The van der Waals surface area contributed by atoms with E-state index in [0.717, 1.165) is 11.3 Å². The van der Waals surface area contributed by atoms with E-state index in [1.165, 1.54) is 17.3 Å². The average Bonchev–Trinajstić information content (AvgIpc) is 3.11. The van der Waals surface area contributed by atoms with Gasteiger partial charge >= 0.3 is 0 Å². The van der Waals surface area contributed by atoms with E-state index in [2.05, 4.69) is 29.0 Å². The summed E-state index contributed by atoms with van der Waals surface area (Å²) in [5.41, 5.74) is 2.90. The monoisotopic (exact) mass is 490 g/mol. The van der Waals surface area contributed by atoms with E-state index >= 15 is 0 Å². The summed E-state index contributed by atoms with van der Waals surface area (Å²) in [6.07, 6.45) is 1.43. The van der Waals surface area contributed by atoms with Gasteiger partial charge < -0.3 is 10.1 Å². The van der Waals surface area contributed by atoms with E-state index in [4.69, 9.17) is 27.9 Å². The number of carbonyl (C=O) groups excluding carboxylic acids is 1. The quantitative estimate of drug-likeness (QED) is 0.283. The zero-order valence-corrected chi connectivity index (χ0v) is 20.4. The van der Waals surface area contributed by atoms with Crippen molar-refractivity contribution in [1.29, 1.82) is 0 Å². The van der Waals surface area contributed by atoms with Gasteiger partial charge in [-0.2, -0.15) is 0 Å². The number of aromatic nitrogens is 3. The lowest BCUT2D eigenvalue weighted by atomic mass is 10.1. The Hall–Kier alpha value is -2.48. The molecule has 0 fully saturated rings. The van der Waals surface area contributed by atoms with E-state index in [9.17, 15) is 4.79 Å². The van der Waals surface area contributed by atoms with Crippen molar-refractivity contribution in [3.05, 3.63) is 76.0 Å². The molecule has 2 aromatic carbocycles. The second-order valence-corrected chi connectivity index (χ2v) is 9.06. The molecule has 1 aromatic heterocycles. The Balaban J connectivity index is 1.68. The first kappa shape index (κ1) is 24.2. The molecule has 0 saturated heterocycles. The Morgan fingerprint density at radius 3 is 2.56 bits per heavy atom. The minimum Gasteiger partial charge on any atom is -0.483 e. The Morgan fingerprint density at radius 1 is 1.19 bits per heavy atom. The zero-order chi connectivity index (χ0) is 23.3. The third-order valence-corrected chi connectivity index (χ3v) is 6.09. The Labute approximate surface area is 202 Å². The molecule has 3 aromatic rings. The van der Waals surface area contributed by atoms with Crippen molar-refractivity contribution in [3.63, 3.8) is 0 Å². The fraction of sp³-hybridized carbons (Fsp3) is 0.261. The third kappa shape index (κ3) is 6.28. The summed E-state index contributed by atoms with van der Waals surface area (Å²) in [6.45, 7) is 10.3. The van der Waals surface area contributed by atoms with Crippen LogP contribution < -0.4 is 10.1 Å². The van der Waals surface area contributed by atoms with Gasteiger partial charge in [0.1, 0.15) is 5.75 Å². The van der Waals surface area contributed by atoms with Crippen LogP contribution in [0.3, 0.4) is 0 Å². The maximum absolute atomic E-state index is 12.4. The number of thioether (sulfide) groups is 1. The number of halogens is 2. The van der Waals surface area contributed by atoms with Crippen molar-refractivity contribution < 1.29 is 9.53 Å². The highest BCUT2D eigenvalue weighted by Crippen LogP contribution is 2.27. The van der Waals surface area contributed by atoms with Gasteiger partial charge in [0.15, 0.2) is 17.1 Å². The van der Waals surface area contributed by atoms with Crippen LogP contribution in [0, 0.1) is 13.8 Å². The number of ether oxygens (including phenoxy) is 1. The van der Waals surface area contributed by atoms with E-state index in [-0.39, 0.29) is 17.8 Å². The van der Waals surface area contributed by atoms with Crippen LogP contribution in [0.4, 0.5) is 5.69 Å². The largest absolute Gasteiger partial charge is 0.483 e. The van der Waals surface area contributed by atoms with Crippen molar-refractivity contribution in [1.82, 2.24) is 14.8 Å². The molecule has 0 aliphatic heterocycles. The Kier molecular flexibility index (Phi) is 8.23. The van der Waals surface area contributed by atoms with Crippen LogP contribution in [0.25, 0.3) is 0 Å². The lowest BCUT2D eigenvalue weighted by Crippen LogP contribution is -2.15. The molecule has 1 unspecified atom stereocenters. The fourth-order valence-electron chi connectivity index (χ4n) is 3.01. The number of anilines is 1. The number of amides is 1. The smallest absolute Gasteiger partial charge is 0.234 e. The van der Waals surface area contributed by atoms with Crippen molar-refractivity contribution in [2.75, 3.05) is 11.1 Å². The molecule has 168 valence electrons. The molecule has 1 N–H and O–H groups in total. The van der Waals surface area contributed by atoms with Gasteiger partial charge in [0, 0.05) is 22.3 Å². The standard InChI is InChI=1S/C23H24Cl2N4O2S/c1-5-8-29-22(16(4)31-20-7-6-14(2)15(3)9-20)27-28-23(29)32-13-21(30)26-19-11-17(24)10-18(25)12-19/h5-7,9-12,16H,1,8,13H2,2-4H3,(H,26,30). The van der Waals surface area contributed by atoms with Gasteiger partial charge in [-0.05, 0) is 62.2 Å². The molecule has 1 amide bonds. The second kappa shape index (κ2) is 10.9. The van der Waals surface area contributed by atoms with Crippen LogP contribution in [0.1, 0.15) is 30.0 Å². The summed E-state index contributed by atoms with van der Waals surface area (Å²) in [4.78, 5) is 12.4. The highest BCUT2D eigenvalue weighted by atomic mass is 35.5. The number of allylic oxidation sites excluding steroid dienone is 1. The van der Waals surface area contributed by atoms with E-state index in [1.807, 2.05) is 36.6 Å². The molecule has 0 saturated carbocycles. The minimum atomic E-state index is -0.332. The molecular formula is C23H24Cl2N4O2S. The number of benzene rings is 2. The van der Waals surface area contributed by atoms with E-state index in [1.54, 1.807) is 24.3 Å². The molecule has 9 heteroatoms. The number of aryl methyl sites for hydroxylation is 2. The molecule has 1 heterocycles. The first-order valence-electron chi connectivity index (χ1n) is 9.93. The van der Waals surface area contributed by atoms with Crippen LogP contribution in [-0.4, -0.2) is 26.4 Å². The summed E-state index contributed by atoms with van der Waals surface area (Å²) >= 11 is 13.2. The van der Waals surface area contributed by atoms with Crippen molar-refractivity contribution in [3.8, 4) is 5.75 Å². The molecule has 6 nitrogen and oxygen atoms in total. The van der Waals surface area contributed by atoms with E-state index in [0.29, 0.717) is 33.3 Å². The van der Waals surface area contributed by atoms with Gasteiger partial charge in [-0.3, -0.25) is 9.36 Å². The summed E-state index contributed by atoms with van der Waals surface area (Å²) in [6, 6.07) is 10.9. The third-order valence-electron chi connectivity index (χ3n) is 4.69. The number of carbonyl (C=O) groups is 1. The topological polar surface area (TPSA) is 69.0 Å². The van der Waals surface area contributed by atoms with Gasteiger partial charge in [0.2, 0.25) is 5.91 Å². The summed E-state index contributed by atoms with van der Waals surface area (Å²) < 4.78 is 7.99. The Bertz CT molecular complexity index is 1110. The van der Waals surface area contributed by atoms with Crippen LogP contribution >= 0.6 is 35.0 Å². The lowest BCUT2D eigenvalue weighted by Gasteiger charge is -2.16. The fourth-order valence-corrected chi connectivity index (χ4v) is 4.29. The van der Waals surface area contributed by atoms with Crippen LogP contribution in [0.2, 0.25) is 10.0 Å².